The van der Waals surface area contributed by atoms with E-state index < -0.39 is 10.0 Å². The highest BCUT2D eigenvalue weighted by Crippen LogP contribution is 2.28. The first-order valence-corrected chi connectivity index (χ1v) is 12.8. The quantitative estimate of drug-likeness (QED) is 0.375. The van der Waals surface area contributed by atoms with Crippen molar-refractivity contribution in [2.24, 2.45) is 0 Å². The number of aryl methyl sites for hydroxylation is 3. The van der Waals surface area contributed by atoms with Crippen molar-refractivity contribution in [1.29, 1.82) is 0 Å². The van der Waals surface area contributed by atoms with Crippen molar-refractivity contribution in [3.8, 4) is 5.69 Å². The Kier molecular flexibility index (Phi) is 6.15. The second-order valence-corrected chi connectivity index (χ2v) is 11.0. The Labute approximate surface area is 193 Å². The lowest BCUT2D eigenvalue weighted by Gasteiger charge is -2.12. The van der Waals surface area contributed by atoms with Gasteiger partial charge in [-0.3, -0.25) is 4.57 Å². The van der Waals surface area contributed by atoms with Crippen molar-refractivity contribution < 1.29 is 8.42 Å². The molecular formula is C23H27N5O2S2. The average Bonchev–Trinajstić information content (AvgIpc) is 3.35. The minimum atomic E-state index is -3.50. The topological polar surface area (TPSA) is 73.0 Å². The highest BCUT2D eigenvalue weighted by atomic mass is 32.2. The van der Waals surface area contributed by atoms with Gasteiger partial charge in [0.05, 0.1) is 27.4 Å². The minimum Gasteiger partial charge on any atom is -0.328 e. The maximum absolute atomic E-state index is 12.5. The van der Waals surface area contributed by atoms with Gasteiger partial charge in [0.1, 0.15) is 5.82 Å². The Balaban J connectivity index is 1.65. The van der Waals surface area contributed by atoms with E-state index in [1.807, 2.05) is 18.5 Å². The molecule has 0 fully saturated rings. The van der Waals surface area contributed by atoms with E-state index in [2.05, 4.69) is 53.1 Å². The Morgan fingerprint density at radius 3 is 2.56 bits per heavy atom. The van der Waals surface area contributed by atoms with E-state index in [4.69, 9.17) is 4.98 Å². The molecule has 168 valence electrons. The molecule has 0 N–H and O–H groups in total. The van der Waals surface area contributed by atoms with Crippen molar-refractivity contribution in [3.05, 3.63) is 65.7 Å². The van der Waals surface area contributed by atoms with Crippen LogP contribution in [0.25, 0.3) is 16.7 Å². The first-order chi connectivity index (χ1) is 15.2. The van der Waals surface area contributed by atoms with Crippen LogP contribution >= 0.6 is 11.8 Å². The van der Waals surface area contributed by atoms with Gasteiger partial charge in [0.2, 0.25) is 10.0 Å². The molecule has 0 saturated carbocycles. The Bertz CT molecular complexity index is 1390. The fraction of sp³-hybridized carbons (Fsp3) is 0.304. The molecular weight excluding hydrogens is 442 g/mol. The summed E-state index contributed by atoms with van der Waals surface area (Å²) in [4.78, 5) is 9.57. The van der Waals surface area contributed by atoms with E-state index in [-0.39, 0.29) is 4.90 Å². The van der Waals surface area contributed by atoms with Crippen molar-refractivity contribution in [2.45, 2.75) is 43.1 Å². The van der Waals surface area contributed by atoms with Crippen LogP contribution in [0.1, 0.15) is 23.9 Å². The summed E-state index contributed by atoms with van der Waals surface area (Å²) in [6.07, 6.45) is 3.78. The normalized spacial score (nSPS) is 12.2. The Morgan fingerprint density at radius 1 is 1.09 bits per heavy atom. The molecule has 2 heterocycles. The molecule has 0 spiro atoms. The van der Waals surface area contributed by atoms with Gasteiger partial charge in [-0.25, -0.2) is 22.7 Å². The van der Waals surface area contributed by atoms with Gasteiger partial charge in [0.15, 0.2) is 5.16 Å². The standard InChI is InChI=1S/C23H27N5O2S2/c1-6-27-21-10-8-18(32(29,30)26(4)5)14-19(21)25-22(27)15-31-23-24-11-12-28(23)20-9-7-16(2)13-17(20)3/h7-14H,6,15H2,1-5H3. The number of nitrogens with zero attached hydrogens (tertiary/aromatic N) is 5. The van der Waals surface area contributed by atoms with Gasteiger partial charge >= 0.3 is 0 Å². The van der Waals surface area contributed by atoms with E-state index in [1.165, 1.54) is 29.5 Å². The van der Waals surface area contributed by atoms with Crippen LogP contribution in [0.15, 0.2) is 58.8 Å². The maximum Gasteiger partial charge on any atom is 0.242 e. The van der Waals surface area contributed by atoms with Gasteiger partial charge < -0.3 is 4.57 Å². The zero-order valence-electron chi connectivity index (χ0n) is 18.9. The molecule has 2 aromatic heterocycles. The second-order valence-electron chi connectivity index (χ2n) is 7.87. The molecule has 32 heavy (non-hydrogen) atoms. The number of benzene rings is 2. The van der Waals surface area contributed by atoms with E-state index in [9.17, 15) is 8.42 Å². The summed E-state index contributed by atoms with van der Waals surface area (Å²) in [7, 11) is -0.441. The van der Waals surface area contributed by atoms with Gasteiger partial charge in [-0.15, -0.1) is 0 Å². The van der Waals surface area contributed by atoms with E-state index in [0.717, 1.165) is 28.7 Å². The Morgan fingerprint density at radius 2 is 1.88 bits per heavy atom. The van der Waals surface area contributed by atoms with E-state index >= 15 is 0 Å². The molecule has 9 heteroatoms. The molecule has 0 aliphatic carbocycles. The lowest BCUT2D eigenvalue weighted by atomic mass is 10.1. The van der Waals surface area contributed by atoms with Crippen LogP contribution < -0.4 is 0 Å². The van der Waals surface area contributed by atoms with Gasteiger partial charge in [-0.05, 0) is 50.6 Å². The Hall–Kier alpha value is -2.62. The van der Waals surface area contributed by atoms with Crippen LogP contribution in [-0.4, -0.2) is 45.9 Å². The van der Waals surface area contributed by atoms with Crippen LogP contribution in [0, 0.1) is 13.8 Å². The molecule has 4 rings (SSSR count). The zero-order chi connectivity index (χ0) is 23.0. The molecule has 0 aliphatic heterocycles. The van der Waals surface area contributed by atoms with Crippen LogP contribution in [0.3, 0.4) is 0 Å². The van der Waals surface area contributed by atoms with Crippen molar-refractivity contribution in [3.63, 3.8) is 0 Å². The summed E-state index contributed by atoms with van der Waals surface area (Å²) in [6.45, 7) is 7.01. The summed E-state index contributed by atoms with van der Waals surface area (Å²) in [5, 5.41) is 0.891. The van der Waals surface area contributed by atoms with Crippen molar-refractivity contribution >= 4 is 32.8 Å². The third-order valence-corrected chi connectivity index (χ3v) is 8.22. The molecule has 0 atom stereocenters. The summed E-state index contributed by atoms with van der Waals surface area (Å²) >= 11 is 1.62. The van der Waals surface area contributed by atoms with Gasteiger partial charge in [-0.2, -0.15) is 0 Å². The summed E-state index contributed by atoms with van der Waals surface area (Å²) in [6, 6.07) is 11.5. The van der Waals surface area contributed by atoms with Gasteiger partial charge in [0.25, 0.3) is 0 Å². The van der Waals surface area contributed by atoms with E-state index in [0.29, 0.717) is 11.3 Å². The number of fused-ring (bicyclic) bond motifs is 1. The van der Waals surface area contributed by atoms with Gasteiger partial charge in [0, 0.05) is 33.0 Å². The first kappa shape index (κ1) is 22.6. The molecule has 4 aromatic rings. The number of aromatic nitrogens is 4. The van der Waals surface area contributed by atoms with Crippen molar-refractivity contribution in [1.82, 2.24) is 23.4 Å². The van der Waals surface area contributed by atoms with Crippen LogP contribution in [0.5, 0.6) is 0 Å². The van der Waals surface area contributed by atoms with Crippen LogP contribution in [-0.2, 0) is 22.3 Å². The molecule has 0 radical (unpaired) electrons. The summed E-state index contributed by atoms with van der Waals surface area (Å²) in [5.74, 6) is 1.52. The van der Waals surface area contributed by atoms with Crippen molar-refractivity contribution in [2.75, 3.05) is 14.1 Å². The molecule has 0 aliphatic rings. The molecule has 0 saturated heterocycles. The zero-order valence-corrected chi connectivity index (χ0v) is 20.5. The lowest BCUT2D eigenvalue weighted by Crippen LogP contribution is -2.22. The minimum absolute atomic E-state index is 0.250. The smallest absolute Gasteiger partial charge is 0.242 e. The highest BCUT2D eigenvalue weighted by Gasteiger charge is 2.20. The average molecular weight is 470 g/mol. The molecule has 0 amide bonds. The highest BCUT2D eigenvalue weighted by molar-refractivity contribution is 7.98. The third kappa shape index (κ3) is 4.07. The maximum atomic E-state index is 12.5. The van der Waals surface area contributed by atoms with Crippen LogP contribution in [0.4, 0.5) is 0 Å². The number of hydrogen-bond donors (Lipinski definition) is 0. The fourth-order valence-electron chi connectivity index (χ4n) is 3.78. The number of imidazole rings is 2. The first-order valence-electron chi connectivity index (χ1n) is 10.4. The predicted octanol–water partition coefficient (Wildman–Crippen LogP) is 4.40. The number of thioether (sulfide) groups is 1. The number of rotatable bonds is 7. The second kappa shape index (κ2) is 8.73. The summed E-state index contributed by atoms with van der Waals surface area (Å²) in [5.41, 5.74) is 5.15. The van der Waals surface area contributed by atoms with E-state index in [1.54, 1.807) is 23.9 Å². The molecule has 2 aromatic carbocycles. The number of hydrogen-bond acceptors (Lipinski definition) is 5. The SMILES string of the molecule is CCn1c(CSc2nccn2-c2ccc(C)cc2C)nc2cc(S(=O)(=O)N(C)C)ccc21. The molecule has 0 unspecified atom stereocenters. The molecule has 0 bridgehead atoms. The molecule has 7 nitrogen and oxygen atoms in total. The monoisotopic (exact) mass is 469 g/mol. The van der Waals surface area contributed by atoms with Crippen LogP contribution in [0.2, 0.25) is 0 Å². The lowest BCUT2D eigenvalue weighted by molar-refractivity contribution is 0.521. The number of sulfonamides is 1. The third-order valence-electron chi connectivity index (χ3n) is 5.44. The fourth-order valence-corrected chi connectivity index (χ4v) is 5.61. The van der Waals surface area contributed by atoms with Gasteiger partial charge in [-0.1, -0.05) is 29.5 Å². The summed E-state index contributed by atoms with van der Waals surface area (Å²) < 4.78 is 30.5. The largest absolute Gasteiger partial charge is 0.328 e. The predicted molar refractivity (Wildman–Crippen MR) is 129 cm³/mol.